The summed E-state index contributed by atoms with van der Waals surface area (Å²) in [6.07, 6.45) is 5.44. The molecule has 0 unspecified atom stereocenters. The maximum absolute atomic E-state index is 12.3. The number of nitrogens with two attached hydrogens (primary N) is 1. The molecular formula is C24H24N8O4. The van der Waals surface area contributed by atoms with E-state index in [1.165, 1.54) is 0 Å². The van der Waals surface area contributed by atoms with Crippen molar-refractivity contribution in [2.75, 3.05) is 19.5 Å². The number of carbonyl (C=O) groups excluding carboxylic acids is 1. The van der Waals surface area contributed by atoms with Gasteiger partial charge in [0.25, 0.3) is 0 Å². The van der Waals surface area contributed by atoms with Crippen molar-refractivity contribution in [1.82, 2.24) is 34.5 Å². The van der Waals surface area contributed by atoms with E-state index in [4.69, 9.17) is 19.6 Å². The van der Waals surface area contributed by atoms with Crippen molar-refractivity contribution < 1.29 is 18.7 Å². The number of nitrogen functional groups attached to an aromatic ring is 1. The van der Waals surface area contributed by atoms with Gasteiger partial charge in [-0.05, 0) is 32.9 Å². The molecule has 5 aromatic rings. The second kappa shape index (κ2) is 9.13. The molecule has 36 heavy (non-hydrogen) atoms. The van der Waals surface area contributed by atoms with Crippen LogP contribution in [0.1, 0.15) is 34.6 Å². The van der Waals surface area contributed by atoms with Gasteiger partial charge in [0.2, 0.25) is 5.71 Å². The van der Waals surface area contributed by atoms with E-state index in [0.717, 1.165) is 16.9 Å². The molecule has 0 radical (unpaired) electrons. The lowest BCUT2D eigenvalue weighted by atomic mass is 10.1. The Balaban J connectivity index is 1.42. The predicted octanol–water partition coefficient (Wildman–Crippen LogP) is 3.10. The number of imidazole rings is 1. The molecular weight excluding hydrogens is 464 g/mol. The fraction of sp³-hybridized carbons (Fsp3) is 0.250. The number of carbonyl (C=O) groups is 1. The van der Waals surface area contributed by atoms with Crippen molar-refractivity contribution in [2.24, 2.45) is 0 Å². The third kappa shape index (κ3) is 4.13. The molecule has 0 saturated heterocycles. The van der Waals surface area contributed by atoms with E-state index < -0.39 is 5.97 Å². The fourth-order valence-electron chi connectivity index (χ4n) is 3.96. The number of fused-ring (bicyclic) bond motifs is 1. The number of ether oxygens (including phenoxy) is 2. The quantitative estimate of drug-likeness (QED) is 0.339. The highest BCUT2D eigenvalue weighted by atomic mass is 16.5. The van der Waals surface area contributed by atoms with Gasteiger partial charge in [-0.1, -0.05) is 11.3 Å². The largest absolute Gasteiger partial charge is 0.495 e. The van der Waals surface area contributed by atoms with Crippen LogP contribution in [-0.2, 0) is 11.3 Å². The summed E-state index contributed by atoms with van der Waals surface area (Å²) in [5.74, 6) is 1.01. The number of furan rings is 1. The number of aryl methyl sites for hydroxylation is 2. The molecule has 0 spiro atoms. The molecule has 12 nitrogen and oxygen atoms in total. The number of hydrogen-bond acceptors (Lipinski definition) is 10. The molecule has 0 amide bonds. The SMILES string of the molecule is CCOC(=O)c1c(C)oc2nc(Cn3cc(-c4ccc(-n5cnc(C)c5)c(OC)c4)nn3)nc(N)c12. The molecule has 4 aromatic heterocycles. The van der Waals surface area contributed by atoms with Crippen molar-refractivity contribution in [3.63, 3.8) is 0 Å². The molecule has 0 aliphatic carbocycles. The average Bonchev–Trinajstić information content (AvgIpc) is 3.57. The van der Waals surface area contributed by atoms with Crippen LogP contribution in [0.15, 0.2) is 41.3 Å². The minimum absolute atomic E-state index is 0.130. The number of methoxy groups -OCH3 is 1. The monoisotopic (exact) mass is 488 g/mol. The van der Waals surface area contributed by atoms with Gasteiger partial charge in [-0.15, -0.1) is 5.10 Å². The van der Waals surface area contributed by atoms with E-state index in [-0.39, 0.29) is 30.2 Å². The van der Waals surface area contributed by atoms with Gasteiger partial charge in [0.05, 0.1) is 43.0 Å². The molecule has 184 valence electrons. The number of esters is 1. The van der Waals surface area contributed by atoms with Gasteiger partial charge in [-0.25, -0.2) is 19.4 Å². The molecule has 0 aliphatic heterocycles. The molecule has 0 fully saturated rings. The lowest BCUT2D eigenvalue weighted by Crippen LogP contribution is -2.09. The van der Waals surface area contributed by atoms with Crippen LogP contribution in [0.2, 0.25) is 0 Å². The Hall–Kier alpha value is -4.74. The van der Waals surface area contributed by atoms with Gasteiger partial charge in [0, 0.05) is 11.8 Å². The summed E-state index contributed by atoms with van der Waals surface area (Å²) in [6, 6.07) is 5.76. The molecule has 0 bridgehead atoms. The summed E-state index contributed by atoms with van der Waals surface area (Å²) in [6.45, 7) is 5.74. The molecule has 4 heterocycles. The summed E-state index contributed by atoms with van der Waals surface area (Å²) in [5, 5.41) is 8.82. The summed E-state index contributed by atoms with van der Waals surface area (Å²) in [7, 11) is 1.62. The number of benzene rings is 1. The van der Waals surface area contributed by atoms with E-state index in [9.17, 15) is 4.79 Å². The van der Waals surface area contributed by atoms with E-state index in [1.54, 1.807) is 38.2 Å². The summed E-state index contributed by atoms with van der Waals surface area (Å²) >= 11 is 0. The first kappa shape index (κ1) is 23.0. The molecule has 12 heteroatoms. The molecule has 5 rings (SSSR count). The lowest BCUT2D eigenvalue weighted by Gasteiger charge is -2.10. The Morgan fingerprint density at radius 1 is 1.19 bits per heavy atom. The molecule has 2 N–H and O–H groups in total. The number of aromatic nitrogens is 7. The fourth-order valence-corrected chi connectivity index (χ4v) is 3.96. The topological polar surface area (TPSA) is 149 Å². The Morgan fingerprint density at radius 2 is 2.03 bits per heavy atom. The van der Waals surface area contributed by atoms with Crippen molar-refractivity contribution in [3.05, 3.63) is 59.8 Å². The Bertz CT molecular complexity index is 1580. The average molecular weight is 489 g/mol. The highest BCUT2D eigenvalue weighted by Crippen LogP contribution is 2.30. The van der Waals surface area contributed by atoms with Crippen LogP contribution in [0.4, 0.5) is 5.82 Å². The summed E-state index contributed by atoms with van der Waals surface area (Å²) in [4.78, 5) is 25.4. The molecule has 0 saturated carbocycles. The molecule has 1 aromatic carbocycles. The number of hydrogen-bond donors (Lipinski definition) is 1. The standard InChI is InChI=1S/C24H24N8O4/c1-5-35-24(33)20-14(3)36-23-21(20)22(25)27-19(28-23)11-32-10-16(29-30-32)15-6-7-17(18(8-15)34-4)31-9-13(2)26-12-31/h6-10,12H,5,11H2,1-4H3,(H2,25,27,28). The lowest BCUT2D eigenvalue weighted by molar-refractivity contribution is 0.0526. The zero-order valence-corrected chi connectivity index (χ0v) is 20.2. The first-order chi connectivity index (χ1) is 17.4. The Kier molecular flexibility index (Phi) is 5.84. The van der Waals surface area contributed by atoms with Gasteiger partial charge in [0.1, 0.15) is 35.1 Å². The minimum Gasteiger partial charge on any atom is -0.495 e. The van der Waals surface area contributed by atoms with Crippen LogP contribution in [0, 0.1) is 13.8 Å². The number of rotatable bonds is 7. The highest BCUT2D eigenvalue weighted by molar-refractivity contribution is 6.07. The van der Waals surface area contributed by atoms with Crippen LogP contribution in [0.3, 0.4) is 0 Å². The second-order valence-electron chi connectivity index (χ2n) is 8.07. The van der Waals surface area contributed by atoms with Gasteiger partial charge in [0.15, 0.2) is 5.82 Å². The zero-order chi connectivity index (χ0) is 25.4. The number of anilines is 1. The summed E-state index contributed by atoms with van der Waals surface area (Å²) < 4.78 is 19.9. The molecule has 0 aliphatic rings. The van der Waals surface area contributed by atoms with Gasteiger partial charge in [-0.3, -0.25) is 0 Å². The minimum atomic E-state index is -0.526. The van der Waals surface area contributed by atoms with Crippen LogP contribution in [0.25, 0.3) is 28.0 Å². The van der Waals surface area contributed by atoms with Crippen molar-refractivity contribution in [2.45, 2.75) is 27.3 Å². The van der Waals surface area contributed by atoms with Crippen molar-refractivity contribution in [1.29, 1.82) is 0 Å². The van der Waals surface area contributed by atoms with E-state index in [0.29, 0.717) is 28.4 Å². The zero-order valence-electron chi connectivity index (χ0n) is 20.2. The van der Waals surface area contributed by atoms with Crippen LogP contribution in [-0.4, -0.2) is 54.2 Å². The van der Waals surface area contributed by atoms with E-state index >= 15 is 0 Å². The van der Waals surface area contributed by atoms with Gasteiger partial charge in [-0.2, -0.15) is 4.98 Å². The van der Waals surface area contributed by atoms with E-state index in [2.05, 4.69) is 25.3 Å². The predicted molar refractivity (Wildman–Crippen MR) is 130 cm³/mol. The number of nitrogens with zero attached hydrogens (tertiary/aromatic N) is 7. The molecule has 0 atom stereocenters. The van der Waals surface area contributed by atoms with Crippen LogP contribution < -0.4 is 10.5 Å². The van der Waals surface area contributed by atoms with Crippen LogP contribution in [0.5, 0.6) is 5.75 Å². The first-order valence-corrected chi connectivity index (χ1v) is 11.2. The first-order valence-electron chi connectivity index (χ1n) is 11.2. The third-order valence-corrected chi connectivity index (χ3v) is 5.59. The second-order valence-corrected chi connectivity index (χ2v) is 8.07. The Morgan fingerprint density at radius 3 is 2.75 bits per heavy atom. The van der Waals surface area contributed by atoms with E-state index in [1.807, 2.05) is 35.9 Å². The maximum Gasteiger partial charge on any atom is 0.342 e. The highest BCUT2D eigenvalue weighted by Gasteiger charge is 2.24. The van der Waals surface area contributed by atoms with Gasteiger partial charge < -0.3 is 24.2 Å². The maximum atomic E-state index is 12.3. The summed E-state index contributed by atoms with van der Waals surface area (Å²) in [5.41, 5.74) is 9.87. The Labute approximate surface area is 205 Å². The smallest absolute Gasteiger partial charge is 0.342 e. The van der Waals surface area contributed by atoms with Crippen molar-refractivity contribution in [3.8, 4) is 22.7 Å². The van der Waals surface area contributed by atoms with Crippen LogP contribution >= 0.6 is 0 Å². The third-order valence-electron chi connectivity index (χ3n) is 5.59. The van der Waals surface area contributed by atoms with Crippen molar-refractivity contribution >= 4 is 22.9 Å². The van der Waals surface area contributed by atoms with Gasteiger partial charge >= 0.3 is 5.97 Å². The normalized spacial score (nSPS) is 11.2.